The second kappa shape index (κ2) is 11.0. The monoisotopic (exact) mass is 551 g/mol. The molecule has 9 nitrogen and oxygen atoms in total. The first kappa shape index (κ1) is 27.2. The largest absolute Gasteiger partial charge is 0.490 e. The molecule has 5 rings (SSSR count). The SMILES string of the molecule is CO[C@@H]1c2cc(-n3ncc4ccccc4c3=O)ccc2O[C@H](C(CCn2cc(CCO)nn2)[Si](C)(C)F)[C@H]1C. The van der Waals surface area contributed by atoms with Crippen molar-refractivity contribution in [2.75, 3.05) is 13.7 Å². The summed E-state index contributed by atoms with van der Waals surface area (Å²) in [6, 6.07) is 12.9. The van der Waals surface area contributed by atoms with E-state index >= 15 is 4.11 Å². The fraction of sp³-hybridized carbons (Fsp3) is 0.429. The van der Waals surface area contributed by atoms with Gasteiger partial charge in [-0.1, -0.05) is 30.3 Å². The molecule has 0 fully saturated rings. The summed E-state index contributed by atoms with van der Waals surface area (Å²) in [5.74, 6) is 0.476. The minimum atomic E-state index is -3.18. The molecular weight excluding hydrogens is 517 g/mol. The van der Waals surface area contributed by atoms with E-state index in [0.29, 0.717) is 41.9 Å². The van der Waals surface area contributed by atoms with Gasteiger partial charge in [0.2, 0.25) is 8.41 Å². The summed E-state index contributed by atoms with van der Waals surface area (Å²) in [5, 5.41) is 23.1. The van der Waals surface area contributed by atoms with Crippen LogP contribution in [0.5, 0.6) is 5.75 Å². The smallest absolute Gasteiger partial charge is 0.279 e. The van der Waals surface area contributed by atoms with Gasteiger partial charge in [0.25, 0.3) is 5.56 Å². The highest BCUT2D eigenvalue weighted by atomic mass is 28.4. The molecule has 39 heavy (non-hydrogen) atoms. The Balaban J connectivity index is 1.45. The Morgan fingerprint density at radius 1 is 1.23 bits per heavy atom. The predicted molar refractivity (Wildman–Crippen MR) is 148 cm³/mol. The van der Waals surface area contributed by atoms with Crippen LogP contribution in [0.1, 0.15) is 30.7 Å². The molecule has 0 saturated carbocycles. The molecule has 1 unspecified atom stereocenters. The van der Waals surface area contributed by atoms with Crippen molar-refractivity contribution < 1.29 is 18.7 Å². The van der Waals surface area contributed by atoms with Crippen LogP contribution in [0.4, 0.5) is 4.11 Å². The number of aromatic nitrogens is 5. The second-order valence-corrected chi connectivity index (χ2v) is 14.5. The van der Waals surface area contributed by atoms with E-state index < -0.39 is 14.5 Å². The molecule has 0 saturated heterocycles. The Morgan fingerprint density at radius 2 is 2.03 bits per heavy atom. The van der Waals surface area contributed by atoms with Crippen LogP contribution in [0.25, 0.3) is 16.5 Å². The molecule has 2 aromatic carbocycles. The van der Waals surface area contributed by atoms with Crippen molar-refractivity contribution in [2.24, 2.45) is 5.92 Å². The second-order valence-electron chi connectivity index (χ2n) is 10.7. The average Bonchev–Trinajstić information content (AvgIpc) is 3.36. The third-order valence-electron chi connectivity index (χ3n) is 7.65. The quantitative estimate of drug-likeness (QED) is 0.245. The minimum absolute atomic E-state index is 0.00423. The maximum atomic E-state index is 15.8. The maximum absolute atomic E-state index is 15.8. The van der Waals surface area contributed by atoms with E-state index in [1.807, 2.05) is 37.3 Å². The molecule has 0 radical (unpaired) electrons. The number of rotatable bonds is 9. The average molecular weight is 552 g/mol. The van der Waals surface area contributed by atoms with Crippen molar-refractivity contribution in [3.05, 3.63) is 76.5 Å². The summed E-state index contributed by atoms with van der Waals surface area (Å²) in [7, 11) is -1.53. The zero-order valence-electron chi connectivity index (χ0n) is 22.6. The fourth-order valence-electron chi connectivity index (χ4n) is 5.62. The Kier molecular flexibility index (Phi) is 7.65. The highest BCUT2D eigenvalue weighted by Gasteiger charge is 2.47. The summed E-state index contributed by atoms with van der Waals surface area (Å²) >= 11 is 0. The van der Waals surface area contributed by atoms with Crippen LogP contribution in [0.15, 0.2) is 59.7 Å². The van der Waals surface area contributed by atoms with Gasteiger partial charge in [-0.05, 0) is 43.8 Å². The highest BCUT2D eigenvalue weighted by molar-refractivity contribution is 6.72. The summed E-state index contributed by atoms with van der Waals surface area (Å²) in [6.45, 7) is 5.95. The van der Waals surface area contributed by atoms with Crippen LogP contribution >= 0.6 is 0 Å². The lowest BCUT2D eigenvalue weighted by molar-refractivity contribution is -0.0242. The Bertz CT molecular complexity index is 1520. The summed E-state index contributed by atoms with van der Waals surface area (Å²) in [6.07, 6.45) is 3.69. The lowest BCUT2D eigenvalue weighted by Crippen LogP contribution is -2.46. The molecule has 0 amide bonds. The number of hydrogen-bond acceptors (Lipinski definition) is 7. The molecule has 206 valence electrons. The Morgan fingerprint density at radius 3 is 2.77 bits per heavy atom. The number of halogens is 1. The van der Waals surface area contributed by atoms with E-state index in [1.54, 1.807) is 49.4 Å². The lowest BCUT2D eigenvalue weighted by atomic mass is 9.86. The normalized spacial score (nSPS) is 20.0. The lowest BCUT2D eigenvalue weighted by Gasteiger charge is -2.43. The van der Waals surface area contributed by atoms with Crippen molar-refractivity contribution in [3.63, 3.8) is 0 Å². The van der Waals surface area contributed by atoms with Crippen molar-refractivity contribution >= 4 is 19.2 Å². The van der Waals surface area contributed by atoms with E-state index in [0.717, 1.165) is 10.9 Å². The van der Waals surface area contributed by atoms with Gasteiger partial charge in [0.05, 0.1) is 29.1 Å². The van der Waals surface area contributed by atoms with Gasteiger partial charge < -0.3 is 18.7 Å². The summed E-state index contributed by atoms with van der Waals surface area (Å²) in [4.78, 5) is 13.2. The van der Waals surface area contributed by atoms with Crippen molar-refractivity contribution in [3.8, 4) is 11.4 Å². The zero-order chi connectivity index (χ0) is 27.7. The topological polar surface area (TPSA) is 104 Å². The molecule has 4 atom stereocenters. The minimum Gasteiger partial charge on any atom is -0.490 e. The van der Waals surface area contributed by atoms with Gasteiger partial charge in [-0.15, -0.1) is 5.10 Å². The van der Waals surface area contributed by atoms with Crippen LogP contribution in [-0.4, -0.2) is 58.1 Å². The van der Waals surface area contributed by atoms with Gasteiger partial charge in [-0.3, -0.25) is 9.48 Å². The number of aliphatic hydroxyl groups is 1. The van der Waals surface area contributed by atoms with Crippen LogP contribution in [0, 0.1) is 5.92 Å². The van der Waals surface area contributed by atoms with Crippen molar-refractivity contribution in [1.29, 1.82) is 0 Å². The van der Waals surface area contributed by atoms with E-state index in [9.17, 15) is 4.79 Å². The predicted octanol–water partition coefficient (Wildman–Crippen LogP) is 4.23. The standard InChI is InChI=1S/C28H34FN5O4Si/c1-18-26(37-2)23-15-21(34-28(36)22-8-6-5-7-19(22)16-30-34)9-10-24(23)38-27(18)25(39(3,4)29)11-13-33-17-20(12-14-35)31-32-33/h5-10,15-18,25-27,35H,11-14H2,1-4H3/t18-,25?,26-,27-/m0/s1. The third-order valence-corrected chi connectivity index (χ3v) is 10.0. The Hall–Kier alpha value is -3.41. The molecule has 1 aliphatic rings. The van der Waals surface area contributed by atoms with Crippen molar-refractivity contribution in [1.82, 2.24) is 24.8 Å². The molecule has 11 heteroatoms. The summed E-state index contributed by atoms with van der Waals surface area (Å²) < 4.78 is 31.4. The van der Waals surface area contributed by atoms with Gasteiger partial charge in [0, 0.05) is 55.3 Å². The molecule has 3 heterocycles. The van der Waals surface area contributed by atoms with E-state index in [2.05, 4.69) is 15.4 Å². The van der Waals surface area contributed by atoms with Gasteiger partial charge in [0.15, 0.2) is 0 Å². The molecular formula is C28H34FN5O4Si. The first-order valence-electron chi connectivity index (χ1n) is 13.2. The number of methoxy groups -OCH3 is 1. The molecule has 0 bridgehead atoms. The van der Waals surface area contributed by atoms with E-state index in [4.69, 9.17) is 14.6 Å². The van der Waals surface area contributed by atoms with Gasteiger partial charge >= 0.3 is 0 Å². The molecule has 4 aromatic rings. The van der Waals surface area contributed by atoms with Crippen LogP contribution in [-0.2, 0) is 17.7 Å². The van der Waals surface area contributed by atoms with Crippen molar-refractivity contribution in [2.45, 2.75) is 57.2 Å². The number of nitrogens with zero attached hydrogens (tertiary/aromatic N) is 5. The van der Waals surface area contributed by atoms with E-state index in [1.165, 1.54) is 4.68 Å². The molecule has 1 N–H and O–H groups in total. The molecule has 0 spiro atoms. The number of benzene rings is 2. The maximum Gasteiger partial charge on any atom is 0.279 e. The van der Waals surface area contributed by atoms with Gasteiger partial charge in [-0.2, -0.15) is 9.78 Å². The highest BCUT2D eigenvalue weighted by Crippen LogP contribution is 2.47. The van der Waals surface area contributed by atoms with Gasteiger partial charge in [-0.25, -0.2) is 0 Å². The summed E-state index contributed by atoms with van der Waals surface area (Å²) in [5.41, 5.74) is 1.60. The number of aliphatic hydroxyl groups excluding tert-OH is 1. The Labute approximate surface area is 227 Å². The molecule has 2 aromatic heterocycles. The number of hydrogen-bond donors (Lipinski definition) is 1. The third kappa shape index (κ3) is 5.38. The number of aryl methyl sites for hydroxylation is 1. The first-order chi connectivity index (χ1) is 18.7. The first-order valence-corrected chi connectivity index (χ1v) is 16.2. The van der Waals surface area contributed by atoms with Gasteiger partial charge in [0.1, 0.15) is 11.9 Å². The zero-order valence-corrected chi connectivity index (χ0v) is 23.6. The van der Waals surface area contributed by atoms with Crippen LogP contribution in [0.2, 0.25) is 18.6 Å². The van der Waals surface area contributed by atoms with E-state index in [-0.39, 0.29) is 29.7 Å². The number of ether oxygens (including phenoxy) is 2. The van der Waals surface area contributed by atoms with Crippen LogP contribution < -0.4 is 10.3 Å². The fourth-order valence-corrected chi connectivity index (χ4v) is 7.59. The van der Waals surface area contributed by atoms with Crippen LogP contribution in [0.3, 0.4) is 0 Å². The molecule has 0 aliphatic carbocycles. The number of fused-ring (bicyclic) bond motifs is 2. The molecule has 1 aliphatic heterocycles.